The van der Waals surface area contributed by atoms with Gasteiger partial charge >= 0.3 is 5.76 Å². The molecular weight excluding hydrogens is 473 g/mol. The molecule has 3 aromatic heterocycles. The maximum absolute atomic E-state index is 14.1. The van der Waals surface area contributed by atoms with Gasteiger partial charge in [0.25, 0.3) is 0 Å². The molecule has 2 aromatic carbocycles. The Morgan fingerprint density at radius 3 is 2.84 bits per heavy atom. The average Bonchev–Trinajstić information content (AvgIpc) is 3.44. The zero-order valence-corrected chi connectivity index (χ0v) is 20.4. The van der Waals surface area contributed by atoms with Crippen molar-refractivity contribution < 1.29 is 13.7 Å². The first-order chi connectivity index (χ1) is 18.0. The van der Waals surface area contributed by atoms with E-state index in [2.05, 4.69) is 38.7 Å². The quantitative estimate of drug-likeness (QED) is 0.362. The number of imidazole rings is 1. The lowest BCUT2D eigenvalue weighted by molar-refractivity contribution is 0.305. The van der Waals surface area contributed by atoms with E-state index >= 15 is 0 Å². The zero-order valence-electron chi connectivity index (χ0n) is 20.4. The van der Waals surface area contributed by atoms with Crippen molar-refractivity contribution in [2.75, 3.05) is 0 Å². The molecule has 8 nitrogen and oxygen atoms in total. The maximum atomic E-state index is 14.1. The molecule has 9 heteroatoms. The van der Waals surface area contributed by atoms with Gasteiger partial charge < -0.3 is 9.30 Å². The molecule has 186 valence electrons. The molecule has 0 atom stereocenters. The number of H-pyrrole nitrogens is 1. The molecule has 0 bridgehead atoms. The van der Waals surface area contributed by atoms with Crippen molar-refractivity contribution in [3.63, 3.8) is 0 Å². The smallest absolute Gasteiger partial charge is 0.439 e. The highest BCUT2D eigenvalue weighted by Gasteiger charge is 2.24. The lowest BCUT2D eigenvalue weighted by atomic mass is 9.89. The van der Waals surface area contributed by atoms with Gasteiger partial charge in [0.15, 0.2) is 5.82 Å². The molecular formula is C28H24FN5O3. The summed E-state index contributed by atoms with van der Waals surface area (Å²) in [6.45, 7) is 4.89. The summed E-state index contributed by atoms with van der Waals surface area (Å²) in [5.74, 6) is 0.736. The van der Waals surface area contributed by atoms with Crippen LogP contribution in [0, 0.1) is 5.82 Å². The summed E-state index contributed by atoms with van der Waals surface area (Å²) in [5, 5.41) is 3.88. The molecule has 37 heavy (non-hydrogen) atoms. The summed E-state index contributed by atoms with van der Waals surface area (Å²) in [7, 11) is 0. The van der Waals surface area contributed by atoms with Gasteiger partial charge in [-0.1, -0.05) is 24.2 Å². The predicted molar refractivity (Wildman–Crippen MR) is 137 cm³/mol. The molecule has 0 saturated carbocycles. The Bertz CT molecular complexity index is 1730. The number of rotatable bonds is 5. The van der Waals surface area contributed by atoms with E-state index in [9.17, 15) is 9.18 Å². The van der Waals surface area contributed by atoms with Crippen molar-refractivity contribution in [1.82, 2.24) is 24.7 Å². The van der Waals surface area contributed by atoms with Crippen molar-refractivity contribution in [3.8, 4) is 5.75 Å². The molecule has 0 aliphatic carbocycles. The monoisotopic (exact) mass is 497 g/mol. The van der Waals surface area contributed by atoms with E-state index in [0.717, 1.165) is 52.0 Å². The summed E-state index contributed by atoms with van der Waals surface area (Å²) in [6, 6.07) is 12.7. The van der Waals surface area contributed by atoms with Gasteiger partial charge in [-0.25, -0.2) is 14.2 Å². The Balaban J connectivity index is 1.48. The van der Waals surface area contributed by atoms with Crippen LogP contribution in [0.25, 0.3) is 22.2 Å². The molecule has 0 saturated heterocycles. The third-order valence-electron chi connectivity index (χ3n) is 6.65. The van der Waals surface area contributed by atoms with Crippen LogP contribution < -0.4 is 10.5 Å². The number of aromatic amines is 1. The molecule has 1 N–H and O–H groups in total. The molecule has 1 aliphatic heterocycles. The van der Waals surface area contributed by atoms with Gasteiger partial charge in [0.05, 0.1) is 11.7 Å². The summed E-state index contributed by atoms with van der Waals surface area (Å²) in [6.07, 6.45) is 5.43. The highest BCUT2D eigenvalue weighted by molar-refractivity contribution is 5.99. The van der Waals surface area contributed by atoms with Crippen LogP contribution in [0.15, 0.2) is 64.2 Å². The predicted octanol–water partition coefficient (Wildman–Crippen LogP) is 5.12. The van der Waals surface area contributed by atoms with Crippen LogP contribution in [-0.4, -0.2) is 24.7 Å². The second-order valence-electron chi connectivity index (χ2n) is 9.09. The van der Waals surface area contributed by atoms with Gasteiger partial charge in [-0.15, -0.1) is 0 Å². The Kier molecular flexibility index (Phi) is 5.67. The number of nitrogens with one attached hydrogen (secondary N) is 1. The van der Waals surface area contributed by atoms with Crippen LogP contribution in [0.4, 0.5) is 4.39 Å². The van der Waals surface area contributed by atoms with E-state index < -0.39 is 5.76 Å². The summed E-state index contributed by atoms with van der Waals surface area (Å²) in [4.78, 5) is 23.3. The first kappa shape index (κ1) is 22.9. The lowest BCUT2D eigenvalue weighted by Gasteiger charge is -2.15. The number of pyridine rings is 1. The van der Waals surface area contributed by atoms with E-state index in [-0.39, 0.29) is 12.4 Å². The van der Waals surface area contributed by atoms with Crippen LogP contribution in [0.3, 0.4) is 0 Å². The number of nitrogens with zero attached hydrogens (tertiary/aromatic N) is 4. The number of halogens is 1. The maximum Gasteiger partial charge on any atom is 0.439 e. The number of aryl methyl sites for hydroxylation is 1. The second-order valence-corrected chi connectivity index (χ2v) is 9.09. The Morgan fingerprint density at radius 1 is 1.16 bits per heavy atom. The zero-order chi connectivity index (χ0) is 25.5. The fourth-order valence-corrected chi connectivity index (χ4v) is 4.95. The number of hydrogen-bond acceptors (Lipinski definition) is 6. The van der Waals surface area contributed by atoms with E-state index in [4.69, 9.17) is 14.2 Å². The van der Waals surface area contributed by atoms with Gasteiger partial charge in [0.2, 0.25) is 0 Å². The normalized spacial score (nSPS) is 14.1. The lowest BCUT2D eigenvalue weighted by Crippen LogP contribution is -2.07. The first-order valence-corrected chi connectivity index (χ1v) is 12.1. The standard InChI is InChI=1S/C28H24FN5O3/c1-3-4-25-31-22-13-30-10-9-23(22)34(25)14-17-5-7-20-18(11-17)15-36-24-12-19(29)6-8-21(24)26(20)16(2)27-32-28(35)37-33-27/h5-13H,3-4,14-15H2,1-2H3,(H,32,33,35)/b26-16-. The third kappa shape index (κ3) is 4.12. The van der Waals surface area contributed by atoms with E-state index in [1.807, 2.05) is 19.1 Å². The van der Waals surface area contributed by atoms with Gasteiger partial charge in [0, 0.05) is 36.4 Å². The highest BCUT2D eigenvalue weighted by Crippen LogP contribution is 2.41. The van der Waals surface area contributed by atoms with Crippen LogP contribution in [0.2, 0.25) is 0 Å². The number of allylic oxidation sites excluding steroid dienone is 1. The molecule has 0 fully saturated rings. The Morgan fingerprint density at radius 2 is 2.03 bits per heavy atom. The van der Waals surface area contributed by atoms with Crippen molar-refractivity contribution in [3.05, 3.63) is 105 Å². The number of benzene rings is 2. The fraction of sp³-hybridized carbons (Fsp3) is 0.214. The van der Waals surface area contributed by atoms with Crippen LogP contribution in [0.5, 0.6) is 5.75 Å². The van der Waals surface area contributed by atoms with Crippen molar-refractivity contribution in [2.24, 2.45) is 0 Å². The summed E-state index contributed by atoms with van der Waals surface area (Å²) >= 11 is 0. The minimum absolute atomic E-state index is 0.266. The van der Waals surface area contributed by atoms with Crippen LogP contribution in [0.1, 0.15) is 54.2 Å². The highest BCUT2D eigenvalue weighted by atomic mass is 19.1. The molecule has 1 aliphatic rings. The molecule has 5 aromatic rings. The first-order valence-electron chi connectivity index (χ1n) is 12.1. The molecule has 6 rings (SSSR count). The van der Waals surface area contributed by atoms with Crippen LogP contribution in [-0.2, 0) is 19.6 Å². The van der Waals surface area contributed by atoms with Crippen molar-refractivity contribution >= 4 is 22.2 Å². The van der Waals surface area contributed by atoms with Gasteiger partial charge in [-0.2, -0.15) is 0 Å². The minimum Gasteiger partial charge on any atom is -0.488 e. The summed E-state index contributed by atoms with van der Waals surface area (Å²) in [5.41, 5.74) is 7.07. The van der Waals surface area contributed by atoms with E-state index in [1.165, 1.54) is 12.1 Å². The van der Waals surface area contributed by atoms with Crippen molar-refractivity contribution in [1.29, 1.82) is 0 Å². The van der Waals surface area contributed by atoms with Crippen molar-refractivity contribution in [2.45, 2.75) is 39.8 Å². The van der Waals surface area contributed by atoms with E-state index in [1.54, 1.807) is 18.5 Å². The van der Waals surface area contributed by atoms with Gasteiger partial charge in [-0.3, -0.25) is 14.5 Å². The molecule has 0 spiro atoms. The Hall–Kier alpha value is -4.53. The topological polar surface area (TPSA) is 98.8 Å². The second kappa shape index (κ2) is 9.16. The average molecular weight is 498 g/mol. The number of ether oxygens (including phenoxy) is 1. The molecule has 0 radical (unpaired) electrons. The van der Waals surface area contributed by atoms with Gasteiger partial charge in [0.1, 0.15) is 29.5 Å². The van der Waals surface area contributed by atoms with E-state index in [0.29, 0.717) is 29.3 Å². The Labute approximate surface area is 211 Å². The summed E-state index contributed by atoms with van der Waals surface area (Å²) < 4.78 is 27.2. The molecule has 0 unspecified atom stereocenters. The number of hydrogen-bond donors (Lipinski definition) is 1. The fourth-order valence-electron chi connectivity index (χ4n) is 4.95. The molecule has 0 amide bonds. The number of aromatic nitrogens is 5. The molecule has 4 heterocycles. The largest absolute Gasteiger partial charge is 0.488 e. The van der Waals surface area contributed by atoms with Crippen LogP contribution >= 0.6 is 0 Å². The SMILES string of the molecule is CCCc1nc2cnccc2n1Cc1ccc2c(c1)COc1cc(F)ccc1/C2=C(/C)c1noc(=O)[nH]1. The number of fused-ring (bicyclic) bond motifs is 3. The minimum atomic E-state index is -0.639. The van der Waals surface area contributed by atoms with Gasteiger partial charge in [-0.05, 0) is 59.9 Å². The third-order valence-corrected chi connectivity index (χ3v) is 6.65.